The number of unbranched alkanes of at least 4 members (excludes halogenated alkanes) is 14. The van der Waals surface area contributed by atoms with Gasteiger partial charge in [0.2, 0.25) is 0 Å². The number of carboxylic acids is 1. The van der Waals surface area contributed by atoms with Gasteiger partial charge in [-0.2, -0.15) is 0 Å². The molecule has 0 bridgehead atoms. The molecule has 1 N–H and O–H groups in total. The molecular formula is C18H36O3-2. The van der Waals surface area contributed by atoms with Gasteiger partial charge in [0.1, 0.15) is 0 Å². The number of aliphatic carboxylic acids is 1. The van der Waals surface area contributed by atoms with Crippen LogP contribution in [0.2, 0.25) is 0 Å². The van der Waals surface area contributed by atoms with Crippen LogP contribution in [0.3, 0.4) is 0 Å². The lowest BCUT2D eigenvalue weighted by Crippen LogP contribution is -2.21. The monoisotopic (exact) mass is 300 g/mol. The van der Waals surface area contributed by atoms with E-state index in [2.05, 4.69) is 6.92 Å². The molecule has 3 nitrogen and oxygen atoms in total. The van der Waals surface area contributed by atoms with Gasteiger partial charge in [-0.05, 0) is 12.8 Å². The zero-order chi connectivity index (χ0) is 14.9. The maximum atomic E-state index is 10.2. The standard InChI is InChI=1S/C18H36O2.H2O/c1-2-3-4-5-6-7-8-9-10-11-12-13-14-15-16-17-18(19)20;/h2-17H2,1H3,(H,19,20);1H2/p-2. The topological polar surface area (TPSA) is 70.1 Å². The summed E-state index contributed by atoms with van der Waals surface area (Å²) in [5, 5.41) is 10.2. The molecule has 0 aliphatic carbocycles. The molecule has 0 aromatic carbocycles. The predicted molar refractivity (Wildman–Crippen MR) is 86.5 cm³/mol. The van der Waals surface area contributed by atoms with Gasteiger partial charge in [0.05, 0.1) is 0 Å². The highest BCUT2D eigenvalue weighted by atomic mass is 16.4. The Labute approximate surface area is 131 Å². The van der Waals surface area contributed by atoms with Gasteiger partial charge >= 0.3 is 0 Å². The minimum absolute atomic E-state index is 0. The summed E-state index contributed by atoms with van der Waals surface area (Å²) in [7, 11) is 0. The van der Waals surface area contributed by atoms with Gasteiger partial charge in [0.15, 0.2) is 0 Å². The first kappa shape index (κ1) is 22.7. The molecular weight excluding hydrogens is 264 g/mol. The van der Waals surface area contributed by atoms with Crippen molar-refractivity contribution in [2.45, 2.75) is 110 Å². The maximum Gasteiger partial charge on any atom is 0.0414 e. The number of carbonyl (C=O) groups excluding carboxylic acids is 1. The van der Waals surface area contributed by atoms with Crippen LogP contribution in [0.1, 0.15) is 110 Å². The first-order valence-electron chi connectivity index (χ1n) is 8.97. The zero-order valence-corrected chi connectivity index (χ0v) is 14.1. The fourth-order valence-corrected chi connectivity index (χ4v) is 2.64. The van der Waals surface area contributed by atoms with Crippen LogP contribution < -0.4 is 5.11 Å². The minimum atomic E-state index is -0.903. The summed E-state index contributed by atoms with van der Waals surface area (Å²) in [4.78, 5) is 10.2. The summed E-state index contributed by atoms with van der Waals surface area (Å²) in [5.74, 6) is -0.903. The highest BCUT2D eigenvalue weighted by molar-refractivity contribution is 5.63. The normalized spacial score (nSPS) is 10.3. The number of hydrogen-bond donors (Lipinski definition) is 0. The second-order valence-electron chi connectivity index (χ2n) is 6.07. The number of rotatable bonds is 16. The molecule has 0 rings (SSSR count). The first-order chi connectivity index (χ1) is 9.77. The fourth-order valence-electron chi connectivity index (χ4n) is 2.64. The average molecular weight is 300 g/mol. The third-order valence-corrected chi connectivity index (χ3v) is 3.98. The Morgan fingerprint density at radius 1 is 0.619 bits per heavy atom. The Morgan fingerprint density at radius 3 is 1.19 bits per heavy atom. The van der Waals surface area contributed by atoms with Crippen LogP contribution in [0.5, 0.6) is 0 Å². The molecule has 0 fully saturated rings. The van der Waals surface area contributed by atoms with E-state index >= 15 is 0 Å². The number of carbonyl (C=O) groups is 1. The van der Waals surface area contributed by atoms with E-state index in [4.69, 9.17) is 0 Å². The van der Waals surface area contributed by atoms with Crippen LogP contribution in [-0.4, -0.2) is 11.4 Å². The first-order valence-corrected chi connectivity index (χ1v) is 8.97. The van der Waals surface area contributed by atoms with Crippen LogP contribution >= 0.6 is 0 Å². The lowest BCUT2D eigenvalue weighted by atomic mass is 10.0. The molecule has 0 amide bonds. The van der Waals surface area contributed by atoms with Crippen molar-refractivity contribution in [2.24, 2.45) is 0 Å². The molecule has 0 aromatic heterocycles. The maximum absolute atomic E-state index is 10.2. The van der Waals surface area contributed by atoms with Gasteiger partial charge in [0, 0.05) is 5.97 Å². The second kappa shape index (κ2) is 19.4. The van der Waals surface area contributed by atoms with E-state index in [1.165, 1.54) is 83.5 Å². The summed E-state index contributed by atoms with van der Waals surface area (Å²) < 4.78 is 0. The Balaban J connectivity index is 0. The Hall–Kier alpha value is -0.570. The average Bonchev–Trinajstić information content (AvgIpc) is 2.43. The van der Waals surface area contributed by atoms with Crippen molar-refractivity contribution in [1.29, 1.82) is 0 Å². The molecule has 0 heterocycles. The van der Waals surface area contributed by atoms with Crippen LogP contribution in [0.4, 0.5) is 0 Å². The third kappa shape index (κ3) is 21.9. The van der Waals surface area contributed by atoms with E-state index in [0.717, 1.165) is 12.8 Å². The van der Waals surface area contributed by atoms with Gasteiger partial charge in [0.25, 0.3) is 0 Å². The smallest absolute Gasteiger partial charge is 0.0414 e. The Morgan fingerprint density at radius 2 is 0.905 bits per heavy atom. The highest BCUT2D eigenvalue weighted by Crippen LogP contribution is 2.13. The van der Waals surface area contributed by atoms with Crippen molar-refractivity contribution < 1.29 is 15.4 Å². The van der Waals surface area contributed by atoms with E-state index in [1.807, 2.05) is 0 Å². The third-order valence-electron chi connectivity index (χ3n) is 3.98. The summed E-state index contributed by atoms with van der Waals surface area (Å²) in [6, 6.07) is 0. The predicted octanol–water partition coefficient (Wildman–Crippen LogP) is 4.82. The van der Waals surface area contributed by atoms with Gasteiger partial charge in [-0.25, -0.2) is 0 Å². The molecule has 0 saturated heterocycles. The van der Waals surface area contributed by atoms with Crippen molar-refractivity contribution >= 4 is 5.97 Å². The van der Waals surface area contributed by atoms with E-state index in [0.29, 0.717) is 0 Å². The molecule has 0 aromatic rings. The van der Waals surface area contributed by atoms with Gasteiger partial charge in [-0.1, -0.05) is 96.8 Å². The molecule has 0 radical (unpaired) electrons. The van der Waals surface area contributed by atoms with Crippen molar-refractivity contribution in [3.63, 3.8) is 0 Å². The van der Waals surface area contributed by atoms with Crippen LogP contribution in [0, 0.1) is 0 Å². The number of carboxylic acid groups (broad SMARTS) is 1. The molecule has 0 aliphatic heterocycles. The highest BCUT2D eigenvalue weighted by Gasteiger charge is 1.94. The Bertz CT molecular complexity index is 205. The van der Waals surface area contributed by atoms with E-state index in [1.54, 1.807) is 0 Å². The Kier molecular flexibility index (Phi) is 21.0. The van der Waals surface area contributed by atoms with Crippen LogP contribution in [-0.2, 0) is 4.79 Å². The van der Waals surface area contributed by atoms with E-state index in [-0.39, 0.29) is 11.9 Å². The molecule has 0 atom stereocenters. The van der Waals surface area contributed by atoms with Crippen molar-refractivity contribution in [3.05, 3.63) is 0 Å². The summed E-state index contributed by atoms with van der Waals surface area (Å²) in [6.07, 6.45) is 19.9. The minimum Gasteiger partial charge on any atom is -0.870 e. The quantitative estimate of drug-likeness (QED) is 0.384. The van der Waals surface area contributed by atoms with Gasteiger partial charge in [-0.15, -0.1) is 0 Å². The van der Waals surface area contributed by atoms with Crippen LogP contribution in [0.25, 0.3) is 0 Å². The SMILES string of the molecule is CCCCCCCCCCCCCCCCCC(=O)[O-].[OH-]. The summed E-state index contributed by atoms with van der Waals surface area (Å²) >= 11 is 0. The molecule has 0 spiro atoms. The van der Waals surface area contributed by atoms with Crippen molar-refractivity contribution in [3.8, 4) is 0 Å². The molecule has 21 heavy (non-hydrogen) atoms. The zero-order valence-electron chi connectivity index (χ0n) is 14.1. The molecule has 0 unspecified atom stereocenters. The van der Waals surface area contributed by atoms with E-state index < -0.39 is 5.97 Å². The summed E-state index contributed by atoms with van der Waals surface area (Å²) in [6.45, 7) is 2.27. The largest absolute Gasteiger partial charge is 0.870 e. The van der Waals surface area contributed by atoms with Gasteiger partial charge in [-0.3, -0.25) is 0 Å². The van der Waals surface area contributed by atoms with Gasteiger partial charge < -0.3 is 15.4 Å². The lowest BCUT2D eigenvalue weighted by Gasteiger charge is -2.04. The molecule has 128 valence electrons. The second-order valence-corrected chi connectivity index (χ2v) is 6.07. The van der Waals surface area contributed by atoms with Crippen molar-refractivity contribution in [2.75, 3.05) is 0 Å². The molecule has 0 aliphatic rings. The summed E-state index contributed by atoms with van der Waals surface area (Å²) in [5.41, 5.74) is 0. The fraction of sp³-hybridized carbons (Fsp3) is 0.944. The lowest BCUT2D eigenvalue weighted by molar-refractivity contribution is -0.305. The van der Waals surface area contributed by atoms with E-state index in [9.17, 15) is 9.90 Å². The van der Waals surface area contributed by atoms with Crippen LogP contribution in [0.15, 0.2) is 0 Å². The molecule has 3 heteroatoms. The molecule has 0 saturated carbocycles. The van der Waals surface area contributed by atoms with Crippen molar-refractivity contribution in [1.82, 2.24) is 0 Å². The number of hydrogen-bond acceptors (Lipinski definition) is 3.